The van der Waals surface area contributed by atoms with Crippen LogP contribution in [0.1, 0.15) is 27.0 Å². The molecule has 30 heavy (non-hydrogen) atoms. The van der Waals surface area contributed by atoms with Crippen LogP contribution in [0.15, 0.2) is 70.7 Å². The molecule has 0 aliphatic heterocycles. The Labute approximate surface area is 174 Å². The summed E-state index contributed by atoms with van der Waals surface area (Å²) in [5.41, 5.74) is 4.80. The molecule has 0 aliphatic carbocycles. The summed E-state index contributed by atoms with van der Waals surface area (Å²) >= 11 is 0. The monoisotopic (exact) mass is 405 g/mol. The molecule has 0 spiro atoms. The minimum Gasteiger partial charge on any atom is -0.493 e. The number of carbonyl (C=O) groups excluding carboxylic acids is 1. The largest absolute Gasteiger partial charge is 0.493 e. The zero-order chi connectivity index (χ0) is 21.5. The maximum atomic E-state index is 12.3. The standard InChI is InChI=1S/C23H23N3O4/c1-16-7-4-8-17(13-16)15-30-21-18(9-5-11-20(21)29-3)14-24-25-22(27)19-10-6-12-26(2)23(19)28/h4-14H,15H2,1-3H3,(H,25,27)/b24-14-. The number of para-hydroxylation sites is 1. The number of carbonyl (C=O) groups is 1. The number of aryl methyl sites for hydroxylation is 2. The van der Waals surface area contributed by atoms with Crippen LogP contribution in [0.5, 0.6) is 11.5 Å². The van der Waals surface area contributed by atoms with E-state index in [9.17, 15) is 9.59 Å². The molecule has 0 saturated heterocycles. The van der Waals surface area contributed by atoms with Crippen LogP contribution in [0.2, 0.25) is 0 Å². The lowest BCUT2D eigenvalue weighted by molar-refractivity contribution is 0.0953. The summed E-state index contributed by atoms with van der Waals surface area (Å²) < 4.78 is 12.7. The van der Waals surface area contributed by atoms with Crippen molar-refractivity contribution >= 4 is 12.1 Å². The summed E-state index contributed by atoms with van der Waals surface area (Å²) in [4.78, 5) is 24.3. The molecule has 0 aliphatic rings. The van der Waals surface area contributed by atoms with Crippen molar-refractivity contribution in [3.8, 4) is 11.5 Å². The van der Waals surface area contributed by atoms with Gasteiger partial charge in [-0.05, 0) is 36.8 Å². The van der Waals surface area contributed by atoms with Crippen molar-refractivity contribution in [1.82, 2.24) is 9.99 Å². The molecule has 0 saturated carbocycles. The quantitative estimate of drug-likeness (QED) is 0.484. The van der Waals surface area contributed by atoms with Gasteiger partial charge in [-0.3, -0.25) is 9.59 Å². The summed E-state index contributed by atoms with van der Waals surface area (Å²) in [5, 5.41) is 3.99. The molecule has 0 fully saturated rings. The number of hydrogen-bond donors (Lipinski definition) is 1. The van der Waals surface area contributed by atoms with E-state index in [1.165, 1.54) is 16.8 Å². The lowest BCUT2D eigenvalue weighted by Crippen LogP contribution is -2.29. The molecular weight excluding hydrogens is 382 g/mol. The Morgan fingerprint density at radius 2 is 1.97 bits per heavy atom. The Morgan fingerprint density at radius 1 is 1.17 bits per heavy atom. The Bertz CT molecular complexity index is 1140. The van der Waals surface area contributed by atoms with Crippen LogP contribution in [0.4, 0.5) is 0 Å². The van der Waals surface area contributed by atoms with Crippen LogP contribution in [-0.2, 0) is 13.7 Å². The Hall–Kier alpha value is -3.87. The van der Waals surface area contributed by atoms with E-state index in [-0.39, 0.29) is 5.56 Å². The molecule has 0 atom stereocenters. The second kappa shape index (κ2) is 9.56. The molecule has 1 N–H and O–H groups in total. The molecule has 0 bridgehead atoms. The molecule has 3 rings (SSSR count). The smallest absolute Gasteiger partial charge is 0.276 e. The van der Waals surface area contributed by atoms with Gasteiger partial charge in [0.25, 0.3) is 11.5 Å². The van der Waals surface area contributed by atoms with Gasteiger partial charge in [0, 0.05) is 18.8 Å². The van der Waals surface area contributed by atoms with E-state index in [0.29, 0.717) is 23.7 Å². The summed E-state index contributed by atoms with van der Waals surface area (Å²) in [7, 11) is 3.14. The highest BCUT2D eigenvalue weighted by molar-refractivity contribution is 5.94. The Kier molecular flexibility index (Phi) is 6.64. The average Bonchev–Trinajstić information content (AvgIpc) is 2.74. The number of hydrazone groups is 1. The van der Waals surface area contributed by atoms with Crippen LogP contribution in [-0.4, -0.2) is 23.8 Å². The lowest BCUT2D eigenvalue weighted by Gasteiger charge is -2.13. The third-order valence-corrected chi connectivity index (χ3v) is 4.43. The number of aromatic nitrogens is 1. The van der Waals surface area contributed by atoms with Crippen LogP contribution >= 0.6 is 0 Å². The van der Waals surface area contributed by atoms with Gasteiger partial charge >= 0.3 is 0 Å². The first-order valence-corrected chi connectivity index (χ1v) is 9.34. The Balaban J connectivity index is 1.77. The third-order valence-electron chi connectivity index (χ3n) is 4.43. The summed E-state index contributed by atoms with van der Waals surface area (Å²) in [6.45, 7) is 2.38. The van der Waals surface area contributed by atoms with E-state index in [1.807, 2.05) is 31.2 Å². The third kappa shape index (κ3) is 4.94. The van der Waals surface area contributed by atoms with E-state index in [4.69, 9.17) is 9.47 Å². The van der Waals surface area contributed by atoms with E-state index >= 15 is 0 Å². The number of pyridine rings is 1. The number of rotatable bonds is 7. The van der Waals surface area contributed by atoms with Crippen molar-refractivity contribution in [3.05, 3.63) is 93.4 Å². The first-order chi connectivity index (χ1) is 14.5. The maximum absolute atomic E-state index is 12.3. The van der Waals surface area contributed by atoms with E-state index in [0.717, 1.165) is 11.1 Å². The summed E-state index contributed by atoms with van der Waals surface area (Å²) in [6, 6.07) is 16.5. The number of amides is 1. The molecule has 154 valence electrons. The molecule has 1 heterocycles. The van der Waals surface area contributed by atoms with Crippen molar-refractivity contribution in [2.75, 3.05) is 7.11 Å². The van der Waals surface area contributed by atoms with Gasteiger partial charge in [0.2, 0.25) is 0 Å². The number of nitrogens with zero attached hydrogens (tertiary/aromatic N) is 2. The van der Waals surface area contributed by atoms with Gasteiger partial charge in [-0.15, -0.1) is 0 Å². The number of benzene rings is 2. The number of nitrogens with one attached hydrogen (secondary N) is 1. The SMILES string of the molecule is COc1cccc(/C=N\NC(=O)c2cccn(C)c2=O)c1OCc1cccc(C)c1. The first-order valence-electron chi connectivity index (χ1n) is 9.34. The molecule has 7 heteroatoms. The molecular formula is C23H23N3O4. The normalized spacial score (nSPS) is 10.8. The molecule has 1 amide bonds. The fourth-order valence-electron chi connectivity index (χ4n) is 2.90. The highest BCUT2D eigenvalue weighted by atomic mass is 16.5. The van der Waals surface area contributed by atoms with Crippen molar-refractivity contribution in [2.24, 2.45) is 12.1 Å². The molecule has 7 nitrogen and oxygen atoms in total. The predicted molar refractivity (Wildman–Crippen MR) is 115 cm³/mol. The minimum atomic E-state index is -0.586. The summed E-state index contributed by atoms with van der Waals surface area (Å²) in [6.07, 6.45) is 3.04. The van der Waals surface area contributed by atoms with Gasteiger partial charge in [-0.25, -0.2) is 5.43 Å². The lowest BCUT2D eigenvalue weighted by atomic mass is 10.1. The topological polar surface area (TPSA) is 81.9 Å². The minimum absolute atomic E-state index is 0.0127. The highest BCUT2D eigenvalue weighted by Gasteiger charge is 2.12. The zero-order valence-electron chi connectivity index (χ0n) is 17.1. The maximum Gasteiger partial charge on any atom is 0.276 e. The average molecular weight is 405 g/mol. The number of methoxy groups -OCH3 is 1. The zero-order valence-corrected chi connectivity index (χ0v) is 17.1. The van der Waals surface area contributed by atoms with Crippen LogP contribution in [0.25, 0.3) is 0 Å². The molecule has 1 aromatic heterocycles. The van der Waals surface area contributed by atoms with Crippen LogP contribution < -0.4 is 20.5 Å². The van der Waals surface area contributed by atoms with Crippen molar-refractivity contribution in [3.63, 3.8) is 0 Å². The van der Waals surface area contributed by atoms with Crippen molar-refractivity contribution in [1.29, 1.82) is 0 Å². The van der Waals surface area contributed by atoms with Gasteiger partial charge in [0.15, 0.2) is 11.5 Å². The first kappa shape index (κ1) is 20.9. The fourth-order valence-corrected chi connectivity index (χ4v) is 2.90. The second-order valence-electron chi connectivity index (χ2n) is 6.69. The molecule has 0 radical (unpaired) electrons. The fraction of sp³-hybridized carbons (Fsp3) is 0.174. The predicted octanol–water partition coefficient (Wildman–Crippen LogP) is 3.05. The molecule has 2 aromatic carbocycles. The van der Waals surface area contributed by atoms with Gasteiger partial charge in [0.05, 0.1) is 13.3 Å². The van der Waals surface area contributed by atoms with Gasteiger partial charge < -0.3 is 14.0 Å². The molecule has 0 unspecified atom stereocenters. The number of hydrogen-bond acceptors (Lipinski definition) is 5. The highest BCUT2D eigenvalue weighted by Crippen LogP contribution is 2.30. The van der Waals surface area contributed by atoms with Crippen LogP contribution in [0.3, 0.4) is 0 Å². The van der Waals surface area contributed by atoms with E-state index < -0.39 is 11.5 Å². The Morgan fingerprint density at radius 3 is 2.73 bits per heavy atom. The summed E-state index contributed by atoms with van der Waals surface area (Å²) in [5.74, 6) is 0.475. The van der Waals surface area contributed by atoms with Gasteiger partial charge in [-0.2, -0.15) is 5.10 Å². The number of ether oxygens (including phenoxy) is 2. The van der Waals surface area contributed by atoms with Crippen molar-refractivity contribution < 1.29 is 14.3 Å². The van der Waals surface area contributed by atoms with Gasteiger partial charge in [-0.1, -0.05) is 35.9 Å². The molecule has 3 aromatic rings. The van der Waals surface area contributed by atoms with Gasteiger partial charge in [0.1, 0.15) is 12.2 Å². The van der Waals surface area contributed by atoms with Crippen LogP contribution in [0, 0.1) is 6.92 Å². The van der Waals surface area contributed by atoms with E-state index in [1.54, 1.807) is 44.6 Å². The van der Waals surface area contributed by atoms with Crippen molar-refractivity contribution in [2.45, 2.75) is 13.5 Å². The second-order valence-corrected chi connectivity index (χ2v) is 6.69. The van der Waals surface area contributed by atoms with E-state index in [2.05, 4.69) is 10.5 Å².